The quantitative estimate of drug-likeness (QED) is 0.807. The van der Waals surface area contributed by atoms with Crippen LogP contribution in [0.25, 0.3) is 0 Å². The second kappa shape index (κ2) is 8.46. The highest BCUT2D eigenvalue weighted by Crippen LogP contribution is 2.24. The molecule has 1 atom stereocenters. The van der Waals surface area contributed by atoms with E-state index in [0.717, 1.165) is 0 Å². The van der Waals surface area contributed by atoms with Crippen molar-refractivity contribution in [1.82, 2.24) is 4.98 Å². The summed E-state index contributed by atoms with van der Waals surface area (Å²) in [7, 11) is 0. The number of aromatic nitrogens is 1. The molecule has 1 aromatic carbocycles. The van der Waals surface area contributed by atoms with Crippen LogP contribution in [-0.2, 0) is 0 Å². The lowest BCUT2D eigenvalue weighted by Crippen LogP contribution is -2.12. The Morgan fingerprint density at radius 1 is 1.24 bits per heavy atom. The van der Waals surface area contributed by atoms with Crippen molar-refractivity contribution in [3.63, 3.8) is 0 Å². The first-order valence-corrected chi connectivity index (χ1v) is 5.88. The Hall–Kier alpha value is -1.82. The summed E-state index contributed by atoms with van der Waals surface area (Å²) in [5.41, 5.74) is 7.33. The molecule has 114 valence electrons. The van der Waals surface area contributed by atoms with E-state index in [-0.39, 0.29) is 42.5 Å². The molecule has 0 bridgehead atoms. The number of anilines is 1. The van der Waals surface area contributed by atoms with Crippen LogP contribution in [0.1, 0.15) is 28.9 Å². The largest absolute Gasteiger partial charge is 0.508 e. The van der Waals surface area contributed by atoms with E-state index >= 15 is 0 Å². The first-order valence-electron chi connectivity index (χ1n) is 5.88. The van der Waals surface area contributed by atoms with Crippen LogP contribution in [0.3, 0.4) is 0 Å². The fraction of sp³-hybridized carbons (Fsp3) is 0.143. The minimum atomic E-state index is -0.294. The zero-order chi connectivity index (χ0) is 13.8. The number of aromatic hydroxyl groups is 1. The lowest BCUT2D eigenvalue weighted by molar-refractivity contribution is 0.102. The Kier molecular flexibility index (Phi) is 7.73. The molecule has 0 saturated carbocycles. The van der Waals surface area contributed by atoms with Gasteiger partial charge in [-0.2, -0.15) is 0 Å². The summed E-state index contributed by atoms with van der Waals surface area (Å²) in [4.78, 5) is 15.8. The second-order valence-electron chi connectivity index (χ2n) is 4.25. The number of phenols is 1. The summed E-state index contributed by atoms with van der Waals surface area (Å²) in [6.45, 7) is 1.77. The highest BCUT2D eigenvalue weighted by molar-refractivity contribution is 6.04. The Bertz CT molecular complexity index is 592. The molecule has 21 heavy (non-hydrogen) atoms. The number of hydrogen-bond acceptors (Lipinski definition) is 4. The molecule has 0 saturated heterocycles. The molecule has 7 heteroatoms. The van der Waals surface area contributed by atoms with Crippen LogP contribution in [0.5, 0.6) is 5.75 Å². The number of phenolic OH excluding ortho intramolecular Hbond substituents is 1. The van der Waals surface area contributed by atoms with Gasteiger partial charge in [0.1, 0.15) is 5.75 Å². The summed E-state index contributed by atoms with van der Waals surface area (Å²) in [5.74, 6) is -0.268. The number of amides is 1. The summed E-state index contributed by atoms with van der Waals surface area (Å²) < 4.78 is 0. The highest BCUT2D eigenvalue weighted by Gasteiger charge is 2.11. The van der Waals surface area contributed by atoms with Gasteiger partial charge in [-0.3, -0.25) is 9.78 Å². The van der Waals surface area contributed by atoms with E-state index < -0.39 is 0 Å². The molecule has 1 aromatic heterocycles. The molecule has 4 N–H and O–H groups in total. The number of carbonyl (C=O) groups is 1. The van der Waals surface area contributed by atoms with Crippen molar-refractivity contribution in [2.24, 2.45) is 5.73 Å². The summed E-state index contributed by atoms with van der Waals surface area (Å²) >= 11 is 0. The molecule has 1 unspecified atom stereocenters. The fourth-order valence-electron chi connectivity index (χ4n) is 1.71. The third kappa shape index (κ3) is 4.90. The lowest BCUT2D eigenvalue weighted by atomic mass is 10.0. The standard InChI is InChI=1S/C14H15N3O2.2ClH/c1-9(15)12-3-2-10(8-13(12)18)14(19)17-11-4-6-16-7-5-11;;/h2-9,18H,15H2,1H3,(H,16,17,19);2*1H. The molecule has 0 aliphatic heterocycles. The highest BCUT2D eigenvalue weighted by atomic mass is 35.5. The van der Waals surface area contributed by atoms with E-state index in [9.17, 15) is 9.90 Å². The van der Waals surface area contributed by atoms with E-state index in [1.165, 1.54) is 6.07 Å². The van der Waals surface area contributed by atoms with E-state index in [2.05, 4.69) is 10.3 Å². The van der Waals surface area contributed by atoms with E-state index in [0.29, 0.717) is 16.8 Å². The van der Waals surface area contributed by atoms with Gasteiger partial charge >= 0.3 is 0 Å². The maximum atomic E-state index is 12.0. The van der Waals surface area contributed by atoms with Gasteiger partial charge in [-0.1, -0.05) is 6.07 Å². The van der Waals surface area contributed by atoms with Crippen LogP contribution in [0.15, 0.2) is 42.7 Å². The van der Waals surface area contributed by atoms with Crippen LogP contribution in [0.2, 0.25) is 0 Å². The van der Waals surface area contributed by atoms with Gasteiger partial charge in [0.05, 0.1) is 0 Å². The fourth-order valence-corrected chi connectivity index (χ4v) is 1.71. The van der Waals surface area contributed by atoms with Gasteiger partial charge in [0.25, 0.3) is 5.91 Å². The zero-order valence-corrected chi connectivity index (χ0v) is 12.9. The van der Waals surface area contributed by atoms with Crippen molar-refractivity contribution in [3.05, 3.63) is 53.9 Å². The normalized spacial score (nSPS) is 10.8. The van der Waals surface area contributed by atoms with Gasteiger partial charge < -0.3 is 16.2 Å². The molecule has 0 radical (unpaired) electrons. The number of rotatable bonds is 3. The minimum absolute atomic E-state index is 0. The van der Waals surface area contributed by atoms with Gasteiger partial charge in [0, 0.05) is 35.2 Å². The smallest absolute Gasteiger partial charge is 0.255 e. The summed E-state index contributed by atoms with van der Waals surface area (Å²) in [5, 5.41) is 12.5. The Labute approximate surface area is 135 Å². The van der Waals surface area contributed by atoms with Crippen molar-refractivity contribution >= 4 is 36.4 Å². The summed E-state index contributed by atoms with van der Waals surface area (Å²) in [6.07, 6.45) is 3.18. The maximum Gasteiger partial charge on any atom is 0.255 e. The average Bonchev–Trinajstić information content (AvgIpc) is 2.39. The third-order valence-electron chi connectivity index (χ3n) is 2.72. The monoisotopic (exact) mass is 329 g/mol. The van der Waals surface area contributed by atoms with Gasteiger partial charge in [-0.05, 0) is 31.2 Å². The van der Waals surface area contributed by atoms with Crippen LogP contribution in [0, 0.1) is 0 Å². The SMILES string of the molecule is CC(N)c1ccc(C(=O)Nc2ccncc2)cc1O.Cl.Cl. The first kappa shape index (κ1) is 19.2. The van der Waals surface area contributed by atoms with E-state index in [1.807, 2.05) is 0 Å². The number of halogens is 2. The lowest BCUT2D eigenvalue weighted by Gasteiger charge is -2.10. The van der Waals surface area contributed by atoms with E-state index in [1.54, 1.807) is 43.6 Å². The number of nitrogens with zero attached hydrogens (tertiary/aromatic N) is 1. The Morgan fingerprint density at radius 3 is 2.38 bits per heavy atom. The molecule has 2 rings (SSSR count). The van der Waals surface area contributed by atoms with Crippen LogP contribution < -0.4 is 11.1 Å². The first-order chi connectivity index (χ1) is 9.08. The predicted octanol–water partition coefficient (Wildman–Crippen LogP) is 2.90. The number of pyridine rings is 1. The third-order valence-corrected chi connectivity index (χ3v) is 2.72. The van der Waals surface area contributed by atoms with Gasteiger partial charge in [0.15, 0.2) is 0 Å². The molecule has 1 heterocycles. The van der Waals surface area contributed by atoms with Gasteiger partial charge in [-0.25, -0.2) is 0 Å². The Balaban J connectivity index is 0.00000200. The minimum Gasteiger partial charge on any atom is -0.508 e. The molecular weight excluding hydrogens is 313 g/mol. The summed E-state index contributed by atoms with van der Waals surface area (Å²) in [6, 6.07) is 7.80. The van der Waals surface area contributed by atoms with Crippen LogP contribution in [0.4, 0.5) is 5.69 Å². The number of carbonyl (C=O) groups excluding carboxylic acids is 1. The van der Waals surface area contributed by atoms with Crippen molar-refractivity contribution in [2.45, 2.75) is 13.0 Å². The Morgan fingerprint density at radius 2 is 1.86 bits per heavy atom. The second-order valence-corrected chi connectivity index (χ2v) is 4.25. The van der Waals surface area contributed by atoms with Crippen LogP contribution >= 0.6 is 24.8 Å². The topological polar surface area (TPSA) is 88.2 Å². The molecule has 0 aliphatic carbocycles. The molecule has 1 amide bonds. The molecule has 0 spiro atoms. The molecule has 0 aliphatic rings. The zero-order valence-electron chi connectivity index (χ0n) is 11.3. The van der Waals surface area contributed by atoms with Crippen molar-refractivity contribution in [2.75, 3.05) is 5.32 Å². The molecular formula is C14H17Cl2N3O2. The molecule has 5 nitrogen and oxygen atoms in total. The number of nitrogens with one attached hydrogen (secondary N) is 1. The van der Waals surface area contributed by atoms with Crippen molar-refractivity contribution in [1.29, 1.82) is 0 Å². The number of hydrogen-bond donors (Lipinski definition) is 3. The average molecular weight is 330 g/mol. The van der Waals surface area contributed by atoms with Crippen LogP contribution in [-0.4, -0.2) is 16.0 Å². The van der Waals surface area contributed by atoms with Crippen molar-refractivity contribution < 1.29 is 9.90 Å². The van der Waals surface area contributed by atoms with Crippen molar-refractivity contribution in [3.8, 4) is 5.75 Å². The van der Waals surface area contributed by atoms with Gasteiger partial charge in [-0.15, -0.1) is 24.8 Å². The van der Waals surface area contributed by atoms with Gasteiger partial charge in [0.2, 0.25) is 0 Å². The molecule has 0 fully saturated rings. The number of nitrogens with two attached hydrogens (primary N) is 1. The van der Waals surface area contributed by atoms with E-state index in [4.69, 9.17) is 5.73 Å². The maximum absolute atomic E-state index is 12.0. The predicted molar refractivity (Wildman–Crippen MR) is 87.4 cm³/mol. The molecule has 2 aromatic rings. The number of benzene rings is 1.